The maximum absolute atomic E-state index is 12.6. The lowest BCUT2D eigenvalue weighted by Gasteiger charge is -2.33. The van der Waals surface area contributed by atoms with Crippen LogP contribution < -0.4 is 15.1 Å². The van der Waals surface area contributed by atoms with Gasteiger partial charge in [-0.15, -0.1) is 0 Å². The van der Waals surface area contributed by atoms with E-state index in [1.54, 1.807) is 24.3 Å². The maximum atomic E-state index is 12.6. The van der Waals surface area contributed by atoms with Gasteiger partial charge in [0.1, 0.15) is 12.6 Å². The summed E-state index contributed by atoms with van der Waals surface area (Å²) < 4.78 is 5.41. The number of anilines is 3. The van der Waals surface area contributed by atoms with E-state index in [1.165, 1.54) is 11.8 Å². The SMILES string of the molecule is CC(=O)N(CC(=O)Nc1ccccc1C#N)c1ccccc1N1CCOCC1. The summed E-state index contributed by atoms with van der Waals surface area (Å²) in [6.07, 6.45) is 0. The summed E-state index contributed by atoms with van der Waals surface area (Å²) in [5.74, 6) is -0.598. The van der Waals surface area contributed by atoms with Crippen LogP contribution >= 0.6 is 0 Å². The van der Waals surface area contributed by atoms with Gasteiger partial charge >= 0.3 is 0 Å². The molecule has 0 spiro atoms. The number of ether oxygens (including phenoxy) is 1. The molecule has 2 aromatic rings. The molecule has 7 heteroatoms. The first kappa shape index (κ1) is 19.4. The Morgan fingerprint density at radius 1 is 1.14 bits per heavy atom. The first-order valence-corrected chi connectivity index (χ1v) is 9.09. The predicted octanol–water partition coefficient (Wildman–Crippen LogP) is 2.39. The molecule has 144 valence electrons. The number of nitrogens with one attached hydrogen (secondary N) is 1. The lowest BCUT2D eigenvalue weighted by Crippen LogP contribution is -2.40. The molecule has 0 bridgehead atoms. The first-order valence-electron chi connectivity index (χ1n) is 9.09. The number of carbonyl (C=O) groups excluding carboxylic acids is 2. The van der Waals surface area contributed by atoms with E-state index in [4.69, 9.17) is 4.74 Å². The molecule has 28 heavy (non-hydrogen) atoms. The zero-order valence-electron chi connectivity index (χ0n) is 15.7. The molecule has 0 aromatic heterocycles. The average Bonchev–Trinajstić information content (AvgIpc) is 2.73. The van der Waals surface area contributed by atoms with Crippen LogP contribution in [0.3, 0.4) is 0 Å². The minimum Gasteiger partial charge on any atom is -0.378 e. The summed E-state index contributed by atoms with van der Waals surface area (Å²) >= 11 is 0. The van der Waals surface area contributed by atoms with Crippen LogP contribution in [-0.4, -0.2) is 44.7 Å². The monoisotopic (exact) mass is 378 g/mol. The van der Waals surface area contributed by atoms with Crippen molar-refractivity contribution in [1.82, 2.24) is 0 Å². The highest BCUT2D eigenvalue weighted by molar-refractivity contribution is 6.04. The molecule has 2 amide bonds. The van der Waals surface area contributed by atoms with Gasteiger partial charge in [0.2, 0.25) is 11.8 Å². The fourth-order valence-electron chi connectivity index (χ4n) is 3.15. The molecule has 0 atom stereocenters. The van der Waals surface area contributed by atoms with Gasteiger partial charge in [-0.2, -0.15) is 5.26 Å². The number of morpholine rings is 1. The Bertz CT molecular complexity index is 901. The average molecular weight is 378 g/mol. The Labute approximate surface area is 164 Å². The number of nitrogens with zero attached hydrogens (tertiary/aromatic N) is 3. The van der Waals surface area contributed by atoms with Crippen molar-refractivity contribution in [3.05, 3.63) is 54.1 Å². The molecule has 2 aromatic carbocycles. The van der Waals surface area contributed by atoms with Crippen LogP contribution in [0, 0.1) is 11.3 Å². The van der Waals surface area contributed by atoms with E-state index in [9.17, 15) is 14.9 Å². The number of hydrogen-bond acceptors (Lipinski definition) is 5. The molecule has 1 aliphatic heterocycles. The summed E-state index contributed by atoms with van der Waals surface area (Å²) in [5.41, 5.74) is 2.38. The lowest BCUT2D eigenvalue weighted by atomic mass is 10.2. The topological polar surface area (TPSA) is 85.7 Å². The number of rotatable bonds is 5. The number of para-hydroxylation sites is 3. The van der Waals surface area contributed by atoms with Gasteiger partial charge in [-0.25, -0.2) is 0 Å². The minimum atomic E-state index is -0.366. The van der Waals surface area contributed by atoms with Gasteiger partial charge in [0.05, 0.1) is 35.8 Å². The maximum Gasteiger partial charge on any atom is 0.244 e. The highest BCUT2D eigenvalue weighted by atomic mass is 16.5. The molecule has 0 radical (unpaired) electrons. The molecule has 1 N–H and O–H groups in total. The van der Waals surface area contributed by atoms with Crippen LogP contribution in [-0.2, 0) is 14.3 Å². The molecule has 0 unspecified atom stereocenters. The van der Waals surface area contributed by atoms with E-state index in [0.717, 1.165) is 18.8 Å². The van der Waals surface area contributed by atoms with Gasteiger partial charge in [-0.3, -0.25) is 9.59 Å². The quantitative estimate of drug-likeness (QED) is 0.863. The molecular formula is C21H22N4O3. The number of hydrogen-bond donors (Lipinski definition) is 1. The van der Waals surface area contributed by atoms with E-state index in [0.29, 0.717) is 30.2 Å². The zero-order chi connectivity index (χ0) is 19.9. The number of carbonyl (C=O) groups is 2. The third-order valence-corrected chi connectivity index (χ3v) is 4.53. The van der Waals surface area contributed by atoms with E-state index >= 15 is 0 Å². The van der Waals surface area contributed by atoms with Crippen LogP contribution in [0.5, 0.6) is 0 Å². The van der Waals surface area contributed by atoms with Crippen molar-refractivity contribution in [2.75, 3.05) is 48.0 Å². The van der Waals surface area contributed by atoms with E-state index < -0.39 is 0 Å². The highest BCUT2D eigenvalue weighted by Crippen LogP contribution is 2.30. The second kappa shape index (κ2) is 9.02. The third kappa shape index (κ3) is 4.48. The van der Waals surface area contributed by atoms with Gasteiger partial charge in [-0.1, -0.05) is 24.3 Å². The van der Waals surface area contributed by atoms with Gasteiger partial charge in [0.25, 0.3) is 0 Å². The van der Waals surface area contributed by atoms with Gasteiger partial charge in [0, 0.05) is 20.0 Å². The summed E-state index contributed by atoms with van der Waals surface area (Å²) in [6, 6.07) is 16.4. The summed E-state index contributed by atoms with van der Waals surface area (Å²) in [4.78, 5) is 28.6. The fraction of sp³-hybridized carbons (Fsp3) is 0.286. The normalized spacial score (nSPS) is 13.5. The van der Waals surface area contributed by atoms with E-state index in [2.05, 4.69) is 10.2 Å². The third-order valence-electron chi connectivity index (χ3n) is 4.53. The Kier molecular flexibility index (Phi) is 6.25. The predicted molar refractivity (Wildman–Crippen MR) is 107 cm³/mol. The van der Waals surface area contributed by atoms with E-state index in [1.807, 2.05) is 30.3 Å². The van der Waals surface area contributed by atoms with Gasteiger partial charge in [0.15, 0.2) is 0 Å². The summed E-state index contributed by atoms with van der Waals surface area (Å²) in [6.45, 7) is 4.00. The molecule has 1 saturated heterocycles. The molecular weight excluding hydrogens is 356 g/mol. The zero-order valence-corrected chi connectivity index (χ0v) is 15.7. The van der Waals surface area contributed by atoms with Crippen molar-refractivity contribution in [1.29, 1.82) is 5.26 Å². The number of nitriles is 1. The second-order valence-corrected chi connectivity index (χ2v) is 6.40. The first-order chi connectivity index (χ1) is 13.6. The Morgan fingerprint density at radius 3 is 2.54 bits per heavy atom. The van der Waals surface area contributed by atoms with Crippen molar-refractivity contribution in [3.63, 3.8) is 0 Å². The van der Waals surface area contributed by atoms with Crippen LogP contribution in [0.1, 0.15) is 12.5 Å². The Balaban J connectivity index is 1.82. The summed E-state index contributed by atoms with van der Waals surface area (Å²) in [7, 11) is 0. The van der Waals surface area contributed by atoms with Crippen molar-refractivity contribution in [2.24, 2.45) is 0 Å². The van der Waals surface area contributed by atoms with Crippen LogP contribution in [0.25, 0.3) is 0 Å². The fourth-order valence-corrected chi connectivity index (χ4v) is 3.15. The van der Waals surface area contributed by atoms with Crippen molar-refractivity contribution >= 4 is 28.9 Å². The van der Waals surface area contributed by atoms with E-state index in [-0.39, 0.29) is 18.4 Å². The van der Waals surface area contributed by atoms with Gasteiger partial charge < -0.3 is 19.9 Å². The largest absolute Gasteiger partial charge is 0.378 e. The highest BCUT2D eigenvalue weighted by Gasteiger charge is 2.22. The van der Waals surface area contributed by atoms with Gasteiger partial charge in [-0.05, 0) is 24.3 Å². The Hall–Kier alpha value is -3.37. The lowest BCUT2D eigenvalue weighted by molar-refractivity contribution is -0.120. The molecule has 7 nitrogen and oxygen atoms in total. The molecule has 1 heterocycles. The van der Waals surface area contributed by atoms with Crippen molar-refractivity contribution < 1.29 is 14.3 Å². The van der Waals surface area contributed by atoms with Crippen LogP contribution in [0.15, 0.2) is 48.5 Å². The number of amides is 2. The molecule has 3 rings (SSSR count). The summed E-state index contributed by atoms with van der Waals surface area (Å²) in [5, 5.41) is 11.9. The molecule has 0 aliphatic carbocycles. The molecule has 0 saturated carbocycles. The van der Waals surface area contributed by atoms with Crippen molar-refractivity contribution in [3.8, 4) is 6.07 Å². The second-order valence-electron chi connectivity index (χ2n) is 6.40. The van der Waals surface area contributed by atoms with Crippen molar-refractivity contribution in [2.45, 2.75) is 6.92 Å². The standard InChI is InChI=1S/C21H22N4O3/c1-16(26)25(15-21(27)23-18-7-3-2-6-17(18)14-22)20-9-5-4-8-19(20)24-10-12-28-13-11-24/h2-9H,10-13,15H2,1H3,(H,23,27). The Morgan fingerprint density at radius 2 is 1.82 bits per heavy atom. The smallest absolute Gasteiger partial charge is 0.244 e. The van der Waals surface area contributed by atoms with Crippen LogP contribution in [0.4, 0.5) is 17.1 Å². The number of benzene rings is 2. The minimum absolute atomic E-state index is 0.142. The van der Waals surface area contributed by atoms with Crippen LogP contribution in [0.2, 0.25) is 0 Å². The molecule has 1 fully saturated rings. The molecule has 1 aliphatic rings.